The standard InChI is InChI=1S/C18H23N3O/c1-13-12-21(10-9-18(13,22)14-5-4-6-14)17-11-19-15-7-2-3-8-16(15)20-17/h2-3,7-8,11,13-14,22H,4-6,9-10,12H2,1H3. The third kappa shape index (κ3) is 2.17. The van der Waals surface area contributed by atoms with E-state index in [9.17, 15) is 5.11 Å². The lowest BCUT2D eigenvalue weighted by Crippen LogP contribution is -2.56. The maximum Gasteiger partial charge on any atom is 0.147 e. The highest BCUT2D eigenvalue weighted by molar-refractivity contribution is 5.75. The number of hydrogen-bond acceptors (Lipinski definition) is 4. The molecule has 4 rings (SSSR count). The third-order valence-electron chi connectivity index (χ3n) is 5.70. The normalized spacial score (nSPS) is 29.5. The van der Waals surface area contributed by atoms with Crippen molar-refractivity contribution in [3.63, 3.8) is 0 Å². The van der Waals surface area contributed by atoms with Crippen LogP contribution in [0, 0.1) is 11.8 Å². The van der Waals surface area contributed by atoms with Crippen molar-refractivity contribution in [2.45, 2.75) is 38.2 Å². The van der Waals surface area contributed by atoms with E-state index in [2.05, 4.69) is 16.8 Å². The number of para-hydroxylation sites is 2. The van der Waals surface area contributed by atoms with Crippen molar-refractivity contribution in [2.24, 2.45) is 11.8 Å². The summed E-state index contributed by atoms with van der Waals surface area (Å²) in [6.07, 6.45) is 6.36. The highest BCUT2D eigenvalue weighted by atomic mass is 16.3. The SMILES string of the molecule is CC1CN(c2cnc3ccccc3n2)CCC1(O)C1CCC1. The Labute approximate surface area is 131 Å². The molecular formula is C18H23N3O. The number of aliphatic hydroxyl groups is 1. The van der Waals surface area contributed by atoms with Crippen molar-refractivity contribution < 1.29 is 5.11 Å². The summed E-state index contributed by atoms with van der Waals surface area (Å²) < 4.78 is 0. The van der Waals surface area contributed by atoms with Gasteiger partial charge in [0.05, 0.1) is 22.8 Å². The Kier molecular flexibility index (Phi) is 3.30. The van der Waals surface area contributed by atoms with Gasteiger partial charge in [-0.2, -0.15) is 0 Å². The first-order chi connectivity index (χ1) is 10.7. The summed E-state index contributed by atoms with van der Waals surface area (Å²) in [5, 5.41) is 11.0. The second kappa shape index (κ2) is 5.20. The van der Waals surface area contributed by atoms with Gasteiger partial charge in [0, 0.05) is 19.0 Å². The van der Waals surface area contributed by atoms with E-state index in [1.54, 1.807) is 0 Å². The zero-order valence-electron chi connectivity index (χ0n) is 13.1. The first-order valence-corrected chi connectivity index (χ1v) is 8.36. The molecule has 4 nitrogen and oxygen atoms in total. The Balaban J connectivity index is 1.56. The van der Waals surface area contributed by atoms with Crippen LogP contribution in [0.25, 0.3) is 11.0 Å². The van der Waals surface area contributed by atoms with Crippen LogP contribution in [-0.2, 0) is 0 Å². The molecule has 0 bridgehead atoms. The molecule has 0 radical (unpaired) electrons. The molecule has 2 atom stereocenters. The summed E-state index contributed by atoms with van der Waals surface area (Å²) in [4.78, 5) is 11.5. The average molecular weight is 297 g/mol. The van der Waals surface area contributed by atoms with E-state index in [1.807, 2.05) is 30.5 Å². The molecule has 2 aromatic rings. The fourth-order valence-electron chi connectivity index (χ4n) is 3.96. The van der Waals surface area contributed by atoms with Crippen LogP contribution < -0.4 is 4.90 Å². The smallest absolute Gasteiger partial charge is 0.147 e. The van der Waals surface area contributed by atoms with Crippen LogP contribution in [0.3, 0.4) is 0 Å². The molecule has 1 N–H and O–H groups in total. The lowest BCUT2D eigenvalue weighted by atomic mass is 9.65. The molecule has 4 heteroatoms. The van der Waals surface area contributed by atoms with Gasteiger partial charge < -0.3 is 10.0 Å². The summed E-state index contributed by atoms with van der Waals surface area (Å²) in [6.45, 7) is 3.91. The monoisotopic (exact) mass is 297 g/mol. The van der Waals surface area contributed by atoms with Crippen LogP contribution in [-0.4, -0.2) is 33.8 Å². The van der Waals surface area contributed by atoms with Gasteiger partial charge in [0.2, 0.25) is 0 Å². The lowest BCUT2D eigenvalue weighted by Gasteiger charge is -2.50. The van der Waals surface area contributed by atoms with Gasteiger partial charge >= 0.3 is 0 Å². The molecule has 0 amide bonds. The predicted molar refractivity (Wildman–Crippen MR) is 87.8 cm³/mol. The Bertz CT molecular complexity index is 685. The minimum absolute atomic E-state index is 0.278. The minimum Gasteiger partial charge on any atom is -0.389 e. The van der Waals surface area contributed by atoms with Crippen LogP contribution >= 0.6 is 0 Å². The average Bonchev–Trinajstić information content (AvgIpc) is 2.48. The van der Waals surface area contributed by atoms with Crippen LogP contribution in [0.15, 0.2) is 30.5 Å². The quantitative estimate of drug-likeness (QED) is 0.925. The molecule has 1 aromatic heterocycles. The molecular weight excluding hydrogens is 274 g/mol. The number of hydrogen-bond donors (Lipinski definition) is 1. The molecule has 1 saturated carbocycles. The zero-order valence-corrected chi connectivity index (χ0v) is 13.1. The number of piperidine rings is 1. The van der Waals surface area contributed by atoms with Gasteiger partial charge in [-0.05, 0) is 37.3 Å². The number of fused-ring (bicyclic) bond motifs is 1. The summed E-state index contributed by atoms with van der Waals surface area (Å²) in [6, 6.07) is 7.97. The molecule has 22 heavy (non-hydrogen) atoms. The fraction of sp³-hybridized carbons (Fsp3) is 0.556. The number of benzene rings is 1. The lowest BCUT2D eigenvalue weighted by molar-refractivity contribution is -0.102. The van der Waals surface area contributed by atoms with Crippen LogP contribution in [0.5, 0.6) is 0 Å². The largest absolute Gasteiger partial charge is 0.389 e. The Hall–Kier alpha value is -1.68. The topological polar surface area (TPSA) is 49.2 Å². The Morgan fingerprint density at radius 1 is 1.23 bits per heavy atom. The summed E-state index contributed by atoms with van der Waals surface area (Å²) >= 11 is 0. The van der Waals surface area contributed by atoms with E-state index in [4.69, 9.17) is 4.98 Å². The van der Waals surface area contributed by atoms with Gasteiger partial charge in [-0.1, -0.05) is 25.5 Å². The summed E-state index contributed by atoms with van der Waals surface area (Å²) in [5.41, 5.74) is 1.40. The van der Waals surface area contributed by atoms with E-state index in [0.29, 0.717) is 5.92 Å². The summed E-state index contributed by atoms with van der Waals surface area (Å²) in [7, 11) is 0. The molecule has 2 unspecified atom stereocenters. The van der Waals surface area contributed by atoms with Gasteiger partial charge in [0.1, 0.15) is 5.82 Å². The summed E-state index contributed by atoms with van der Waals surface area (Å²) in [5.74, 6) is 1.72. The van der Waals surface area contributed by atoms with Gasteiger partial charge in [0.25, 0.3) is 0 Å². The van der Waals surface area contributed by atoms with E-state index in [-0.39, 0.29) is 5.92 Å². The second-order valence-corrected chi connectivity index (χ2v) is 6.93. The number of anilines is 1. The van der Waals surface area contributed by atoms with Crippen molar-refractivity contribution in [1.82, 2.24) is 9.97 Å². The number of aromatic nitrogens is 2. The second-order valence-electron chi connectivity index (χ2n) is 6.93. The molecule has 2 fully saturated rings. The minimum atomic E-state index is -0.473. The van der Waals surface area contributed by atoms with Crippen LogP contribution in [0.4, 0.5) is 5.82 Å². The van der Waals surface area contributed by atoms with Crippen molar-refractivity contribution in [3.05, 3.63) is 30.5 Å². The van der Waals surface area contributed by atoms with E-state index in [0.717, 1.165) is 36.4 Å². The highest BCUT2D eigenvalue weighted by Crippen LogP contribution is 2.44. The molecule has 1 aliphatic carbocycles. The van der Waals surface area contributed by atoms with Crippen molar-refractivity contribution in [3.8, 4) is 0 Å². The molecule has 2 heterocycles. The van der Waals surface area contributed by atoms with Gasteiger partial charge in [-0.15, -0.1) is 0 Å². The maximum absolute atomic E-state index is 11.0. The predicted octanol–water partition coefficient (Wildman–Crippen LogP) is 3.01. The van der Waals surface area contributed by atoms with Crippen LogP contribution in [0.2, 0.25) is 0 Å². The first-order valence-electron chi connectivity index (χ1n) is 8.36. The van der Waals surface area contributed by atoms with E-state index >= 15 is 0 Å². The van der Waals surface area contributed by atoms with Gasteiger partial charge in [0.15, 0.2) is 0 Å². The van der Waals surface area contributed by atoms with Crippen LogP contribution in [0.1, 0.15) is 32.6 Å². The number of rotatable bonds is 2. The fourth-order valence-corrected chi connectivity index (χ4v) is 3.96. The highest BCUT2D eigenvalue weighted by Gasteiger charge is 2.47. The van der Waals surface area contributed by atoms with Crippen molar-refractivity contribution in [1.29, 1.82) is 0 Å². The van der Waals surface area contributed by atoms with E-state index in [1.165, 1.54) is 19.3 Å². The molecule has 2 aliphatic rings. The van der Waals surface area contributed by atoms with Crippen molar-refractivity contribution >= 4 is 16.9 Å². The number of nitrogens with zero attached hydrogens (tertiary/aromatic N) is 3. The van der Waals surface area contributed by atoms with Gasteiger partial charge in [-0.3, -0.25) is 4.98 Å². The Morgan fingerprint density at radius 3 is 2.68 bits per heavy atom. The van der Waals surface area contributed by atoms with Gasteiger partial charge in [-0.25, -0.2) is 4.98 Å². The third-order valence-corrected chi connectivity index (χ3v) is 5.70. The first kappa shape index (κ1) is 13.9. The molecule has 0 spiro atoms. The Morgan fingerprint density at radius 2 is 2.00 bits per heavy atom. The maximum atomic E-state index is 11.0. The van der Waals surface area contributed by atoms with E-state index < -0.39 is 5.60 Å². The molecule has 116 valence electrons. The zero-order chi connectivity index (χ0) is 15.2. The molecule has 1 saturated heterocycles. The molecule has 1 aromatic carbocycles. The molecule has 1 aliphatic heterocycles. The van der Waals surface area contributed by atoms with Crippen molar-refractivity contribution in [2.75, 3.05) is 18.0 Å².